The van der Waals surface area contributed by atoms with E-state index in [1.807, 2.05) is 11.9 Å². The van der Waals surface area contributed by atoms with E-state index in [0.29, 0.717) is 0 Å². The molecule has 2 amide bonds. The Balaban J connectivity index is 1.93. The lowest BCUT2D eigenvalue weighted by Gasteiger charge is -2.37. The number of rotatable bonds is 1. The molecule has 0 spiro atoms. The number of urea groups is 1. The predicted octanol–water partition coefficient (Wildman–Crippen LogP) is 2.22. The van der Waals surface area contributed by atoms with E-state index in [0.717, 1.165) is 51.6 Å². The second-order valence-corrected chi connectivity index (χ2v) is 5.71. The van der Waals surface area contributed by atoms with E-state index >= 15 is 0 Å². The molecule has 1 aliphatic carbocycles. The van der Waals surface area contributed by atoms with Gasteiger partial charge in [0.1, 0.15) is 0 Å². The molecule has 0 bridgehead atoms. The average Bonchev–Trinajstić information content (AvgIpc) is 2.66. The third kappa shape index (κ3) is 3.16. The average molecular weight is 254 g/mol. The fraction of sp³-hybridized carbons (Fsp3) is 0.929. The van der Waals surface area contributed by atoms with Crippen LogP contribution in [0.2, 0.25) is 0 Å². The monoisotopic (exact) mass is 254 g/mol. The number of likely N-dealkylation sites (tertiary alicyclic amines) is 1. The van der Waals surface area contributed by atoms with Gasteiger partial charge in [0.25, 0.3) is 0 Å². The maximum atomic E-state index is 12.4. The molecule has 2 atom stereocenters. The van der Waals surface area contributed by atoms with Crippen molar-refractivity contribution in [3.63, 3.8) is 0 Å². The van der Waals surface area contributed by atoms with Crippen LogP contribution in [-0.2, 0) is 0 Å². The lowest BCUT2D eigenvalue weighted by Crippen LogP contribution is -2.51. The fourth-order valence-corrected chi connectivity index (χ4v) is 3.17. The molecule has 0 radical (unpaired) electrons. The minimum atomic E-state index is -0.334. The van der Waals surface area contributed by atoms with E-state index in [9.17, 15) is 9.90 Å². The van der Waals surface area contributed by atoms with Crippen LogP contribution >= 0.6 is 0 Å². The molecular formula is C14H26N2O2. The number of hydrogen-bond acceptors (Lipinski definition) is 2. The highest BCUT2D eigenvalue weighted by molar-refractivity contribution is 5.74. The molecule has 2 aliphatic rings. The van der Waals surface area contributed by atoms with E-state index in [4.69, 9.17) is 0 Å². The zero-order chi connectivity index (χ0) is 13.0. The van der Waals surface area contributed by atoms with Gasteiger partial charge in [-0.1, -0.05) is 25.7 Å². The first kappa shape index (κ1) is 13.7. The number of nitrogens with zero attached hydrogens (tertiary/aromatic N) is 2. The molecule has 1 saturated heterocycles. The van der Waals surface area contributed by atoms with Gasteiger partial charge in [-0.15, -0.1) is 0 Å². The first-order chi connectivity index (χ1) is 8.70. The number of carbonyl (C=O) groups is 1. The Labute approximate surface area is 110 Å². The van der Waals surface area contributed by atoms with E-state index in [-0.39, 0.29) is 18.2 Å². The summed E-state index contributed by atoms with van der Waals surface area (Å²) >= 11 is 0. The van der Waals surface area contributed by atoms with Crippen molar-refractivity contribution in [1.82, 2.24) is 9.80 Å². The summed E-state index contributed by atoms with van der Waals surface area (Å²) in [5.74, 6) is 0. The highest BCUT2D eigenvalue weighted by Gasteiger charge is 2.31. The molecule has 2 fully saturated rings. The Hall–Kier alpha value is -0.770. The van der Waals surface area contributed by atoms with Gasteiger partial charge in [0.05, 0.1) is 12.1 Å². The number of hydrogen-bond donors (Lipinski definition) is 1. The van der Waals surface area contributed by atoms with E-state index in [1.165, 1.54) is 12.8 Å². The third-order valence-corrected chi connectivity index (χ3v) is 4.37. The van der Waals surface area contributed by atoms with Gasteiger partial charge in [0.2, 0.25) is 0 Å². The summed E-state index contributed by atoms with van der Waals surface area (Å²) in [4.78, 5) is 16.2. The van der Waals surface area contributed by atoms with Crippen LogP contribution in [0.25, 0.3) is 0 Å². The summed E-state index contributed by atoms with van der Waals surface area (Å²) in [5.41, 5.74) is 0. The van der Waals surface area contributed by atoms with Gasteiger partial charge in [-0.3, -0.25) is 0 Å². The summed E-state index contributed by atoms with van der Waals surface area (Å²) in [5, 5.41) is 10.0. The number of carbonyl (C=O) groups excluding carboxylic acids is 1. The minimum Gasteiger partial charge on any atom is -0.391 e. The second-order valence-electron chi connectivity index (χ2n) is 5.71. The molecule has 104 valence electrons. The van der Waals surface area contributed by atoms with E-state index in [1.54, 1.807) is 4.90 Å². The van der Waals surface area contributed by atoms with Crippen molar-refractivity contribution in [2.45, 2.75) is 63.5 Å². The van der Waals surface area contributed by atoms with Crippen LogP contribution in [0.4, 0.5) is 4.79 Å². The molecular weight excluding hydrogens is 228 g/mol. The van der Waals surface area contributed by atoms with Gasteiger partial charge in [-0.25, -0.2) is 4.79 Å². The Morgan fingerprint density at radius 2 is 1.67 bits per heavy atom. The molecule has 0 aromatic carbocycles. The Kier molecular flexibility index (Phi) is 4.87. The molecule has 2 rings (SSSR count). The largest absolute Gasteiger partial charge is 0.391 e. The highest BCUT2D eigenvalue weighted by Crippen LogP contribution is 2.23. The predicted molar refractivity (Wildman–Crippen MR) is 71.5 cm³/mol. The minimum absolute atomic E-state index is 0.0227. The van der Waals surface area contributed by atoms with Crippen LogP contribution in [0.15, 0.2) is 0 Å². The summed E-state index contributed by atoms with van der Waals surface area (Å²) in [6.45, 7) is 1.76. The van der Waals surface area contributed by atoms with Crippen molar-refractivity contribution in [2.24, 2.45) is 0 Å². The maximum absolute atomic E-state index is 12.4. The van der Waals surface area contributed by atoms with Crippen molar-refractivity contribution in [3.8, 4) is 0 Å². The number of aliphatic hydroxyl groups excluding tert-OH is 1. The molecule has 0 aromatic rings. The highest BCUT2D eigenvalue weighted by atomic mass is 16.3. The van der Waals surface area contributed by atoms with Crippen molar-refractivity contribution in [3.05, 3.63) is 0 Å². The van der Waals surface area contributed by atoms with Gasteiger partial charge in [0, 0.05) is 20.1 Å². The first-order valence-electron chi connectivity index (χ1n) is 7.40. The smallest absolute Gasteiger partial charge is 0.320 e. The normalized spacial score (nSPS) is 29.8. The molecule has 1 aliphatic heterocycles. The fourth-order valence-electron chi connectivity index (χ4n) is 3.17. The second kappa shape index (κ2) is 6.41. The molecule has 2 unspecified atom stereocenters. The third-order valence-electron chi connectivity index (χ3n) is 4.37. The van der Waals surface area contributed by atoms with Gasteiger partial charge in [0.15, 0.2) is 0 Å². The summed E-state index contributed by atoms with van der Waals surface area (Å²) in [6.07, 6.45) is 8.36. The molecule has 1 heterocycles. The van der Waals surface area contributed by atoms with E-state index in [2.05, 4.69) is 0 Å². The molecule has 4 nitrogen and oxygen atoms in total. The summed E-state index contributed by atoms with van der Waals surface area (Å²) in [6, 6.07) is 0.136. The molecule has 18 heavy (non-hydrogen) atoms. The molecule has 1 N–H and O–H groups in total. The SMILES string of the molecule is CN(C(=O)N1CCCCCC1)C1CCCCC1O. The molecule has 1 saturated carbocycles. The Bertz CT molecular complexity index is 275. The van der Waals surface area contributed by atoms with Crippen molar-refractivity contribution in [2.75, 3.05) is 20.1 Å². The number of likely N-dealkylation sites (N-methyl/N-ethyl adjacent to an activating group) is 1. The van der Waals surface area contributed by atoms with Crippen molar-refractivity contribution >= 4 is 6.03 Å². The van der Waals surface area contributed by atoms with Crippen LogP contribution in [-0.4, -0.2) is 53.2 Å². The summed E-state index contributed by atoms with van der Waals surface area (Å²) < 4.78 is 0. The molecule has 0 aromatic heterocycles. The maximum Gasteiger partial charge on any atom is 0.320 e. The van der Waals surface area contributed by atoms with E-state index < -0.39 is 0 Å². The number of amides is 2. The Morgan fingerprint density at radius 3 is 2.28 bits per heavy atom. The number of aliphatic hydroxyl groups is 1. The zero-order valence-electron chi connectivity index (χ0n) is 11.5. The van der Waals surface area contributed by atoms with Gasteiger partial charge in [-0.2, -0.15) is 0 Å². The van der Waals surface area contributed by atoms with Crippen molar-refractivity contribution in [1.29, 1.82) is 0 Å². The zero-order valence-corrected chi connectivity index (χ0v) is 11.5. The van der Waals surface area contributed by atoms with Crippen LogP contribution < -0.4 is 0 Å². The van der Waals surface area contributed by atoms with Gasteiger partial charge >= 0.3 is 6.03 Å². The van der Waals surface area contributed by atoms with Crippen LogP contribution in [0, 0.1) is 0 Å². The standard InChI is InChI=1S/C14H26N2O2/c1-15(12-8-4-5-9-13(12)17)14(18)16-10-6-2-3-7-11-16/h12-13,17H,2-11H2,1H3. The van der Waals surface area contributed by atoms with Crippen LogP contribution in [0.1, 0.15) is 51.4 Å². The topological polar surface area (TPSA) is 43.8 Å². The van der Waals surface area contributed by atoms with Gasteiger partial charge in [-0.05, 0) is 25.7 Å². The van der Waals surface area contributed by atoms with Crippen molar-refractivity contribution < 1.29 is 9.90 Å². The van der Waals surface area contributed by atoms with Gasteiger partial charge < -0.3 is 14.9 Å². The van der Waals surface area contributed by atoms with Crippen LogP contribution in [0.5, 0.6) is 0 Å². The Morgan fingerprint density at radius 1 is 1.06 bits per heavy atom. The lowest BCUT2D eigenvalue weighted by atomic mass is 9.92. The molecule has 4 heteroatoms. The first-order valence-corrected chi connectivity index (χ1v) is 7.40. The quantitative estimate of drug-likeness (QED) is 0.779. The summed E-state index contributed by atoms with van der Waals surface area (Å²) in [7, 11) is 1.85. The van der Waals surface area contributed by atoms with Crippen LogP contribution in [0.3, 0.4) is 0 Å². The lowest BCUT2D eigenvalue weighted by molar-refractivity contribution is 0.0381.